The van der Waals surface area contributed by atoms with Crippen molar-refractivity contribution < 1.29 is 9.59 Å². The van der Waals surface area contributed by atoms with Crippen molar-refractivity contribution in [3.63, 3.8) is 0 Å². The minimum absolute atomic E-state index is 0.0423. The molecule has 1 saturated heterocycles. The minimum atomic E-state index is -0.0629. The van der Waals surface area contributed by atoms with Crippen molar-refractivity contribution >= 4 is 23.2 Å². The molecule has 1 aliphatic heterocycles. The number of nitrogens with zero attached hydrogens (tertiary/aromatic N) is 2. The molecule has 1 saturated carbocycles. The summed E-state index contributed by atoms with van der Waals surface area (Å²) in [6.45, 7) is 4.37. The van der Waals surface area contributed by atoms with Gasteiger partial charge in [-0.2, -0.15) is 0 Å². The van der Waals surface area contributed by atoms with Gasteiger partial charge in [0.1, 0.15) is 5.69 Å². The maximum absolute atomic E-state index is 13.1. The molecule has 2 heterocycles. The lowest BCUT2D eigenvalue weighted by Gasteiger charge is -2.33. The lowest BCUT2D eigenvalue weighted by Crippen LogP contribution is -2.40. The molecule has 2 aliphatic rings. The summed E-state index contributed by atoms with van der Waals surface area (Å²) >= 11 is 1.59. The van der Waals surface area contributed by atoms with Gasteiger partial charge in [0.05, 0.1) is 10.9 Å². The molecular formula is C26H35N3O2S. The van der Waals surface area contributed by atoms with Crippen LogP contribution in [0.1, 0.15) is 91.2 Å². The van der Waals surface area contributed by atoms with Crippen molar-refractivity contribution in [2.75, 3.05) is 19.6 Å². The van der Waals surface area contributed by atoms with E-state index in [0.29, 0.717) is 17.5 Å². The van der Waals surface area contributed by atoms with Crippen molar-refractivity contribution in [3.05, 3.63) is 52.0 Å². The van der Waals surface area contributed by atoms with Gasteiger partial charge in [0, 0.05) is 30.9 Å². The number of hydrogen-bond donors (Lipinski definition) is 1. The van der Waals surface area contributed by atoms with Gasteiger partial charge in [-0.25, -0.2) is 4.98 Å². The number of likely N-dealkylation sites (tertiary alicyclic amines) is 1. The maximum Gasteiger partial charge on any atom is 0.270 e. The summed E-state index contributed by atoms with van der Waals surface area (Å²) in [6.07, 6.45) is 8.98. The van der Waals surface area contributed by atoms with Gasteiger partial charge < -0.3 is 10.2 Å². The standard InChI is InChI=1S/C26H35N3O2S/c1-2-22(20-11-7-4-8-12-20)26(31)29-15-13-21(14-16-29)25-28-23(18-32-25)24(30)27-17-19-9-5-3-6-10-19/h4,7-8,11-12,18-19,21-22H,2-3,5-6,9-10,13-17H2,1H3,(H,27,30). The number of aromatic nitrogens is 1. The Morgan fingerprint density at radius 3 is 2.50 bits per heavy atom. The van der Waals surface area contributed by atoms with E-state index in [4.69, 9.17) is 0 Å². The molecule has 172 valence electrons. The van der Waals surface area contributed by atoms with Gasteiger partial charge in [-0.15, -0.1) is 11.3 Å². The highest BCUT2D eigenvalue weighted by Gasteiger charge is 2.30. The van der Waals surface area contributed by atoms with Gasteiger partial charge in [0.15, 0.2) is 0 Å². The van der Waals surface area contributed by atoms with Crippen LogP contribution in [0.15, 0.2) is 35.7 Å². The highest BCUT2D eigenvalue weighted by molar-refractivity contribution is 7.09. The zero-order chi connectivity index (χ0) is 22.3. The van der Waals surface area contributed by atoms with E-state index in [1.54, 1.807) is 11.3 Å². The molecule has 0 spiro atoms. The summed E-state index contributed by atoms with van der Waals surface area (Å²) in [5.41, 5.74) is 1.65. The Hall–Kier alpha value is -2.21. The number of thiazole rings is 1. The van der Waals surface area contributed by atoms with E-state index in [1.807, 2.05) is 28.5 Å². The fourth-order valence-corrected chi connectivity index (χ4v) is 6.08. The van der Waals surface area contributed by atoms with Gasteiger partial charge in [-0.3, -0.25) is 9.59 Å². The fraction of sp³-hybridized carbons (Fsp3) is 0.577. The van der Waals surface area contributed by atoms with Crippen LogP contribution in [-0.2, 0) is 4.79 Å². The first-order chi connectivity index (χ1) is 15.7. The zero-order valence-electron chi connectivity index (χ0n) is 19.1. The van der Waals surface area contributed by atoms with Gasteiger partial charge in [-0.1, -0.05) is 56.5 Å². The largest absolute Gasteiger partial charge is 0.350 e. The molecule has 2 amide bonds. The average molecular weight is 454 g/mol. The van der Waals surface area contributed by atoms with E-state index >= 15 is 0 Å². The van der Waals surface area contributed by atoms with Crippen LogP contribution >= 0.6 is 11.3 Å². The van der Waals surface area contributed by atoms with Crippen LogP contribution in [0.25, 0.3) is 0 Å². The number of hydrogen-bond acceptors (Lipinski definition) is 4. The first-order valence-electron chi connectivity index (χ1n) is 12.2. The predicted octanol–water partition coefficient (Wildman–Crippen LogP) is 5.35. The van der Waals surface area contributed by atoms with Crippen LogP contribution in [0.2, 0.25) is 0 Å². The molecule has 1 N–H and O–H groups in total. The van der Waals surface area contributed by atoms with Crippen LogP contribution < -0.4 is 5.32 Å². The van der Waals surface area contributed by atoms with Crippen LogP contribution in [0.4, 0.5) is 0 Å². The van der Waals surface area contributed by atoms with E-state index in [-0.39, 0.29) is 17.7 Å². The SMILES string of the molecule is CCC(C(=O)N1CCC(c2nc(C(=O)NCC3CCCCC3)cs2)CC1)c1ccccc1. The maximum atomic E-state index is 13.1. The third-order valence-corrected chi connectivity index (χ3v) is 8.10. The van der Waals surface area contributed by atoms with Gasteiger partial charge in [0.25, 0.3) is 5.91 Å². The molecule has 0 bridgehead atoms. The van der Waals surface area contributed by atoms with Gasteiger partial charge in [0.2, 0.25) is 5.91 Å². The molecule has 2 fully saturated rings. The Kier molecular flexibility index (Phi) is 7.95. The third kappa shape index (κ3) is 5.58. The summed E-state index contributed by atoms with van der Waals surface area (Å²) in [6, 6.07) is 10.1. The Bertz CT molecular complexity index is 883. The summed E-state index contributed by atoms with van der Waals surface area (Å²) in [5.74, 6) is 1.08. The number of amides is 2. The zero-order valence-corrected chi connectivity index (χ0v) is 19.9. The number of rotatable bonds is 7. The summed E-state index contributed by atoms with van der Waals surface area (Å²) in [4.78, 5) is 32.4. The first-order valence-corrected chi connectivity index (χ1v) is 13.1. The molecule has 4 rings (SSSR count). The molecule has 2 aromatic rings. The van der Waals surface area contributed by atoms with Crippen LogP contribution in [-0.4, -0.2) is 41.3 Å². The molecule has 1 atom stereocenters. The van der Waals surface area contributed by atoms with Crippen molar-refractivity contribution in [1.82, 2.24) is 15.2 Å². The Morgan fingerprint density at radius 2 is 1.81 bits per heavy atom. The third-order valence-electron chi connectivity index (χ3n) is 7.09. The summed E-state index contributed by atoms with van der Waals surface area (Å²) in [7, 11) is 0. The number of nitrogens with one attached hydrogen (secondary N) is 1. The average Bonchev–Trinajstić information content (AvgIpc) is 3.35. The molecule has 0 radical (unpaired) electrons. The van der Waals surface area contributed by atoms with E-state index < -0.39 is 0 Å². The van der Waals surface area contributed by atoms with E-state index in [9.17, 15) is 9.59 Å². The van der Waals surface area contributed by atoms with E-state index in [2.05, 4.69) is 29.4 Å². The summed E-state index contributed by atoms with van der Waals surface area (Å²) < 4.78 is 0. The fourth-order valence-electron chi connectivity index (χ4n) is 5.10. The number of benzene rings is 1. The second-order valence-corrected chi connectivity index (χ2v) is 10.1. The second kappa shape index (κ2) is 11.1. The Balaban J connectivity index is 1.28. The molecule has 5 nitrogen and oxygen atoms in total. The number of carbonyl (C=O) groups excluding carboxylic acids is 2. The molecule has 1 aliphatic carbocycles. The second-order valence-electron chi connectivity index (χ2n) is 9.26. The Morgan fingerprint density at radius 1 is 1.09 bits per heavy atom. The topological polar surface area (TPSA) is 62.3 Å². The monoisotopic (exact) mass is 453 g/mol. The quantitative estimate of drug-likeness (QED) is 0.614. The van der Waals surface area contributed by atoms with Crippen LogP contribution in [0, 0.1) is 5.92 Å². The molecule has 32 heavy (non-hydrogen) atoms. The van der Waals surface area contributed by atoms with Gasteiger partial charge >= 0.3 is 0 Å². The molecule has 1 unspecified atom stereocenters. The smallest absolute Gasteiger partial charge is 0.270 e. The summed E-state index contributed by atoms with van der Waals surface area (Å²) in [5, 5.41) is 6.03. The van der Waals surface area contributed by atoms with Gasteiger partial charge in [-0.05, 0) is 43.6 Å². The van der Waals surface area contributed by atoms with E-state index in [1.165, 1.54) is 32.1 Å². The Labute approximate surface area is 195 Å². The lowest BCUT2D eigenvalue weighted by atomic mass is 9.89. The van der Waals surface area contributed by atoms with Crippen molar-refractivity contribution in [1.29, 1.82) is 0 Å². The number of piperidine rings is 1. The highest BCUT2D eigenvalue weighted by atomic mass is 32.1. The number of carbonyl (C=O) groups is 2. The molecule has 1 aromatic heterocycles. The minimum Gasteiger partial charge on any atom is -0.350 e. The molecule has 1 aromatic carbocycles. The van der Waals surface area contributed by atoms with Crippen molar-refractivity contribution in [2.24, 2.45) is 5.92 Å². The van der Waals surface area contributed by atoms with Crippen LogP contribution in [0.5, 0.6) is 0 Å². The lowest BCUT2D eigenvalue weighted by molar-refractivity contribution is -0.134. The first kappa shape index (κ1) is 23.0. The molecular weight excluding hydrogens is 418 g/mol. The van der Waals surface area contributed by atoms with Crippen molar-refractivity contribution in [3.8, 4) is 0 Å². The van der Waals surface area contributed by atoms with Crippen molar-refractivity contribution in [2.45, 2.75) is 70.1 Å². The highest BCUT2D eigenvalue weighted by Crippen LogP contribution is 2.32. The van der Waals surface area contributed by atoms with Crippen LogP contribution in [0.3, 0.4) is 0 Å². The van der Waals surface area contributed by atoms with E-state index in [0.717, 1.165) is 49.5 Å². The molecule has 6 heteroatoms. The predicted molar refractivity (Wildman–Crippen MR) is 129 cm³/mol. The normalized spacial score (nSPS) is 19.0.